The lowest BCUT2D eigenvalue weighted by Gasteiger charge is -2.29. The molecule has 0 aliphatic heterocycles. The Hall–Kier alpha value is -3.85. The standard InChI is InChI=1S/C28H38N6O3/c1-20-8-12-22(13-9-20)34-18-24(21-10-14-23(37-7)15-11-21)29-26(34)30-25(35)19-33(17-16-32(5)6)27(36)31-28(2,3)4/h8-15,18H,16-17,19H2,1-7H3,(H,31,36)(H,29,30,35). The molecular weight excluding hydrogens is 468 g/mol. The van der Waals surface area contributed by atoms with E-state index in [0.717, 1.165) is 22.6 Å². The molecular formula is C28H38N6O3. The van der Waals surface area contributed by atoms with E-state index >= 15 is 0 Å². The predicted octanol–water partition coefficient (Wildman–Crippen LogP) is 4.17. The van der Waals surface area contributed by atoms with Crippen molar-refractivity contribution < 1.29 is 14.3 Å². The number of urea groups is 1. The molecule has 1 aromatic heterocycles. The third kappa shape index (κ3) is 8.08. The molecule has 2 N–H and O–H groups in total. The zero-order valence-corrected chi connectivity index (χ0v) is 22.8. The quantitative estimate of drug-likeness (QED) is 0.455. The van der Waals surface area contributed by atoms with E-state index in [-0.39, 0.29) is 18.5 Å². The summed E-state index contributed by atoms with van der Waals surface area (Å²) in [6, 6.07) is 15.3. The van der Waals surface area contributed by atoms with Gasteiger partial charge in [-0.25, -0.2) is 9.78 Å². The highest BCUT2D eigenvalue weighted by Gasteiger charge is 2.23. The van der Waals surface area contributed by atoms with Crippen molar-refractivity contribution in [3.05, 3.63) is 60.3 Å². The van der Waals surface area contributed by atoms with E-state index in [1.54, 1.807) is 7.11 Å². The van der Waals surface area contributed by atoms with Gasteiger partial charge in [0.25, 0.3) is 0 Å². The summed E-state index contributed by atoms with van der Waals surface area (Å²) >= 11 is 0. The number of methoxy groups -OCH3 is 1. The summed E-state index contributed by atoms with van der Waals surface area (Å²) in [5, 5.41) is 5.87. The molecule has 0 bridgehead atoms. The van der Waals surface area contributed by atoms with Crippen LogP contribution in [-0.2, 0) is 4.79 Å². The van der Waals surface area contributed by atoms with E-state index in [0.29, 0.717) is 24.7 Å². The number of amides is 3. The van der Waals surface area contributed by atoms with E-state index in [4.69, 9.17) is 9.72 Å². The van der Waals surface area contributed by atoms with E-state index < -0.39 is 5.54 Å². The fourth-order valence-corrected chi connectivity index (χ4v) is 3.58. The van der Waals surface area contributed by atoms with Gasteiger partial charge in [0.2, 0.25) is 11.9 Å². The van der Waals surface area contributed by atoms with Gasteiger partial charge in [0.05, 0.1) is 12.8 Å². The van der Waals surface area contributed by atoms with Crippen LogP contribution in [0.2, 0.25) is 0 Å². The average Bonchev–Trinajstić information content (AvgIpc) is 3.24. The van der Waals surface area contributed by atoms with Gasteiger partial charge in [0.1, 0.15) is 12.3 Å². The number of anilines is 1. The molecule has 0 atom stereocenters. The van der Waals surface area contributed by atoms with Gasteiger partial charge in [0, 0.05) is 36.1 Å². The van der Waals surface area contributed by atoms with Gasteiger partial charge in [0.15, 0.2) is 0 Å². The number of nitrogens with one attached hydrogen (secondary N) is 2. The molecule has 0 aliphatic rings. The number of aryl methyl sites for hydroxylation is 1. The van der Waals surface area contributed by atoms with Crippen LogP contribution in [0.5, 0.6) is 5.75 Å². The van der Waals surface area contributed by atoms with Gasteiger partial charge in [-0.2, -0.15) is 0 Å². The molecule has 0 radical (unpaired) electrons. The maximum absolute atomic E-state index is 13.2. The molecule has 0 saturated heterocycles. The zero-order chi connectivity index (χ0) is 27.2. The maximum Gasteiger partial charge on any atom is 0.318 e. The number of imidazole rings is 1. The topological polar surface area (TPSA) is 91.7 Å². The molecule has 198 valence electrons. The first-order valence-electron chi connectivity index (χ1n) is 12.3. The minimum absolute atomic E-state index is 0.103. The number of carbonyl (C=O) groups is 2. The number of likely N-dealkylation sites (N-methyl/N-ethyl adjacent to an activating group) is 1. The van der Waals surface area contributed by atoms with Crippen LogP contribution in [0.25, 0.3) is 16.9 Å². The fourth-order valence-electron chi connectivity index (χ4n) is 3.58. The predicted molar refractivity (Wildman–Crippen MR) is 147 cm³/mol. The summed E-state index contributed by atoms with van der Waals surface area (Å²) < 4.78 is 7.11. The van der Waals surface area contributed by atoms with Gasteiger partial charge in [-0.15, -0.1) is 0 Å². The smallest absolute Gasteiger partial charge is 0.318 e. The molecule has 3 amide bonds. The number of hydrogen-bond acceptors (Lipinski definition) is 5. The average molecular weight is 507 g/mol. The fraction of sp³-hybridized carbons (Fsp3) is 0.393. The summed E-state index contributed by atoms with van der Waals surface area (Å²) in [7, 11) is 5.48. The van der Waals surface area contributed by atoms with E-state index in [1.807, 2.05) is 106 Å². The molecule has 37 heavy (non-hydrogen) atoms. The van der Waals surface area contributed by atoms with Crippen LogP contribution >= 0.6 is 0 Å². The van der Waals surface area contributed by atoms with Gasteiger partial charge < -0.3 is 19.9 Å². The summed E-state index contributed by atoms with van der Waals surface area (Å²) in [5.41, 5.74) is 3.17. The zero-order valence-electron chi connectivity index (χ0n) is 22.8. The first kappa shape index (κ1) is 27.7. The Kier molecular flexibility index (Phi) is 8.94. The maximum atomic E-state index is 13.2. The minimum Gasteiger partial charge on any atom is -0.497 e. The molecule has 3 aromatic rings. The molecule has 2 aromatic carbocycles. The molecule has 0 saturated carbocycles. The SMILES string of the molecule is COc1ccc(-c2cn(-c3ccc(C)cc3)c(NC(=O)CN(CCN(C)C)C(=O)NC(C)(C)C)n2)cc1. The molecule has 0 aliphatic carbocycles. The molecule has 0 unspecified atom stereocenters. The largest absolute Gasteiger partial charge is 0.497 e. The summed E-state index contributed by atoms with van der Waals surface area (Å²) in [4.78, 5) is 34.3. The van der Waals surface area contributed by atoms with Crippen LogP contribution in [0, 0.1) is 6.92 Å². The summed E-state index contributed by atoms with van der Waals surface area (Å²) in [6.07, 6.45) is 1.89. The van der Waals surface area contributed by atoms with Crippen molar-refractivity contribution in [2.75, 3.05) is 46.2 Å². The van der Waals surface area contributed by atoms with Crippen molar-refractivity contribution in [3.8, 4) is 22.7 Å². The van der Waals surface area contributed by atoms with Gasteiger partial charge in [-0.1, -0.05) is 17.7 Å². The van der Waals surface area contributed by atoms with Crippen LogP contribution in [-0.4, -0.2) is 77.7 Å². The van der Waals surface area contributed by atoms with Crippen LogP contribution in [0.4, 0.5) is 10.7 Å². The van der Waals surface area contributed by atoms with Crippen molar-refractivity contribution in [2.45, 2.75) is 33.2 Å². The summed E-state index contributed by atoms with van der Waals surface area (Å²) in [6.45, 7) is 8.69. The Labute approximate surface area is 219 Å². The first-order valence-corrected chi connectivity index (χ1v) is 12.3. The Morgan fingerprint density at radius 2 is 1.65 bits per heavy atom. The number of aromatic nitrogens is 2. The lowest BCUT2D eigenvalue weighted by Crippen LogP contribution is -2.51. The highest BCUT2D eigenvalue weighted by molar-refractivity contribution is 5.93. The second-order valence-corrected chi connectivity index (χ2v) is 10.3. The van der Waals surface area contributed by atoms with Crippen molar-refractivity contribution in [3.63, 3.8) is 0 Å². The Morgan fingerprint density at radius 1 is 1.00 bits per heavy atom. The van der Waals surface area contributed by atoms with E-state index in [9.17, 15) is 9.59 Å². The normalized spacial score (nSPS) is 11.4. The molecule has 0 fully saturated rings. The molecule has 9 nitrogen and oxygen atoms in total. The Morgan fingerprint density at radius 3 is 2.22 bits per heavy atom. The van der Waals surface area contributed by atoms with Crippen LogP contribution in [0.15, 0.2) is 54.7 Å². The van der Waals surface area contributed by atoms with Crippen LogP contribution in [0.1, 0.15) is 26.3 Å². The lowest BCUT2D eigenvalue weighted by molar-refractivity contribution is -0.116. The van der Waals surface area contributed by atoms with Crippen molar-refractivity contribution in [1.29, 1.82) is 0 Å². The number of rotatable bonds is 9. The molecule has 9 heteroatoms. The second-order valence-electron chi connectivity index (χ2n) is 10.3. The number of hydrogen-bond donors (Lipinski definition) is 2. The third-order valence-electron chi connectivity index (χ3n) is 5.58. The first-order chi connectivity index (χ1) is 17.4. The van der Waals surface area contributed by atoms with Crippen LogP contribution in [0.3, 0.4) is 0 Å². The van der Waals surface area contributed by atoms with Crippen molar-refractivity contribution in [2.24, 2.45) is 0 Å². The van der Waals surface area contributed by atoms with E-state index in [2.05, 4.69) is 10.6 Å². The minimum atomic E-state index is -0.418. The number of benzene rings is 2. The highest BCUT2D eigenvalue weighted by Crippen LogP contribution is 2.26. The van der Waals surface area contributed by atoms with Gasteiger partial charge in [-0.3, -0.25) is 14.7 Å². The molecule has 3 rings (SSSR count). The van der Waals surface area contributed by atoms with Gasteiger partial charge >= 0.3 is 6.03 Å². The monoisotopic (exact) mass is 506 g/mol. The second kappa shape index (κ2) is 11.9. The van der Waals surface area contributed by atoms with E-state index in [1.165, 1.54) is 4.90 Å². The number of ether oxygens (including phenoxy) is 1. The Bertz CT molecular complexity index is 1190. The lowest BCUT2D eigenvalue weighted by atomic mass is 10.1. The van der Waals surface area contributed by atoms with Crippen LogP contribution < -0.4 is 15.4 Å². The molecule has 0 spiro atoms. The van der Waals surface area contributed by atoms with Gasteiger partial charge in [-0.05, 0) is 78.2 Å². The molecule has 1 heterocycles. The Balaban J connectivity index is 1.88. The highest BCUT2D eigenvalue weighted by atomic mass is 16.5. The summed E-state index contributed by atoms with van der Waals surface area (Å²) in [5.74, 6) is 0.799. The van der Waals surface area contributed by atoms with Crippen molar-refractivity contribution >= 4 is 17.9 Å². The van der Waals surface area contributed by atoms with Crippen molar-refractivity contribution in [1.82, 2.24) is 24.7 Å². The third-order valence-corrected chi connectivity index (χ3v) is 5.58. The number of nitrogens with zero attached hydrogens (tertiary/aromatic N) is 4. The number of carbonyl (C=O) groups excluding carboxylic acids is 2.